The third-order valence-electron chi connectivity index (χ3n) is 3.60. The molecule has 1 aromatic heterocycles. The molecule has 1 unspecified atom stereocenters. The summed E-state index contributed by atoms with van der Waals surface area (Å²) in [6.45, 7) is 2.72. The number of hydrogen-bond donors (Lipinski definition) is 2. The number of nitrogens with one attached hydrogen (secondary N) is 1. The Bertz CT molecular complexity index is 564. The van der Waals surface area contributed by atoms with E-state index >= 15 is 0 Å². The highest BCUT2D eigenvalue weighted by molar-refractivity contribution is 5.92. The summed E-state index contributed by atoms with van der Waals surface area (Å²) in [6.07, 6.45) is 4.23. The fraction of sp³-hybridized carbons (Fsp3) is 0.400. The highest BCUT2D eigenvalue weighted by Crippen LogP contribution is 2.24. The van der Waals surface area contributed by atoms with Crippen molar-refractivity contribution < 1.29 is 4.74 Å². The minimum absolute atomic E-state index is 0.603. The normalized spacial score (nSPS) is 19.5. The van der Waals surface area contributed by atoms with Gasteiger partial charge in [-0.15, -0.1) is 0 Å². The molecule has 1 aromatic carbocycles. The second-order valence-electron chi connectivity index (χ2n) is 5.10. The Kier molecular flexibility index (Phi) is 3.51. The molecule has 4 nitrogen and oxygen atoms in total. The molecule has 2 heterocycles. The first-order chi connectivity index (χ1) is 9.33. The van der Waals surface area contributed by atoms with Crippen LogP contribution in [0, 0.1) is 5.92 Å². The van der Waals surface area contributed by atoms with Gasteiger partial charge in [0.2, 0.25) is 0 Å². The van der Waals surface area contributed by atoms with Gasteiger partial charge in [-0.1, -0.05) is 0 Å². The summed E-state index contributed by atoms with van der Waals surface area (Å²) in [6, 6.07) is 7.86. The zero-order chi connectivity index (χ0) is 13.1. The largest absolute Gasteiger partial charge is 0.399 e. The van der Waals surface area contributed by atoms with Crippen LogP contribution >= 0.6 is 0 Å². The van der Waals surface area contributed by atoms with Gasteiger partial charge in [-0.2, -0.15) is 0 Å². The van der Waals surface area contributed by atoms with Gasteiger partial charge in [0.15, 0.2) is 0 Å². The van der Waals surface area contributed by atoms with Crippen molar-refractivity contribution in [2.24, 2.45) is 5.92 Å². The van der Waals surface area contributed by atoms with Crippen LogP contribution in [0.3, 0.4) is 0 Å². The molecule has 0 spiro atoms. The van der Waals surface area contributed by atoms with Gasteiger partial charge in [-0.05, 0) is 43.0 Å². The Morgan fingerprint density at radius 2 is 2.32 bits per heavy atom. The van der Waals surface area contributed by atoms with E-state index in [1.165, 1.54) is 12.8 Å². The Morgan fingerprint density at radius 3 is 3.16 bits per heavy atom. The van der Waals surface area contributed by atoms with Gasteiger partial charge in [0, 0.05) is 36.1 Å². The van der Waals surface area contributed by atoms with Gasteiger partial charge in [0.1, 0.15) is 0 Å². The second kappa shape index (κ2) is 5.45. The van der Waals surface area contributed by atoms with Crippen LogP contribution < -0.4 is 11.1 Å². The van der Waals surface area contributed by atoms with Crippen LogP contribution in [0.15, 0.2) is 30.5 Å². The molecule has 19 heavy (non-hydrogen) atoms. The molecule has 3 N–H and O–H groups in total. The fourth-order valence-corrected chi connectivity index (χ4v) is 2.54. The number of ether oxygens (including phenoxy) is 1. The lowest BCUT2D eigenvalue weighted by Crippen LogP contribution is -2.24. The Balaban J connectivity index is 1.76. The maximum absolute atomic E-state index is 5.79. The molecule has 0 radical (unpaired) electrons. The molecule has 1 saturated heterocycles. The average Bonchev–Trinajstić information content (AvgIpc) is 2.45. The highest BCUT2D eigenvalue weighted by atomic mass is 16.5. The molecular formula is C15H19N3O. The van der Waals surface area contributed by atoms with Crippen molar-refractivity contribution in [3.63, 3.8) is 0 Å². The highest BCUT2D eigenvalue weighted by Gasteiger charge is 2.13. The fourth-order valence-electron chi connectivity index (χ4n) is 2.54. The monoisotopic (exact) mass is 257 g/mol. The molecule has 1 fully saturated rings. The zero-order valence-electron chi connectivity index (χ0n) is 10.9. The first-order valence-electron chi connectivity index (χ1n) is 6.79. The number of nitrogen functional groups attached to an aromatic ring is 1. The van der Waals surface area contributed by atoms with E-state index in [-0.39, 0.29) is 0 Å². The number of hydrogen-bond acceptors (Lipinski definition) is 4. The number of pyridine rings is 1. The number of aromatic nitrogens is 1. The number of fused-ring (bicyclic) bond motifs is 1. The van der Waals surface area contributed by atoms with Crippen molar-refractivity contribution in [1.82, 2.24) is 4.98 Å². The minimum atomic E-state index is 0.603. The third kappa shape index (κ3) is 2.79. The quantitative estimate of drug-likeness (QED) is 0.830. The van der Waals surface area contributed by atoms with Crippen molar-refractivity contribution >= 4 is 22.3 Å². The van der Waals surface area contributed by atoms with Crippen molar-refractivity contribution in [3.8, 4) is 0 Å². The molecule has 2 aromatic rings. The SMILES string of the molecule is Nc1ccc2c(NCC3CCCOC3)ccnc2c1. The smallest absolute Gasteiger partial charge is 0.0743 e. The van der Waals surface area contributed by atoms with Crippen LogP contribution in [0.5, 0.6) is 0 Å². The zero-order valence-corrected chi connectivity index (χ0v) is 10.9. The van der Waals surface area contributed by atoms with Crippen LogP contribution in [0.25, 0.3) is 10.9 Å². The third-order valence-corrected chi connectivity index (χ3v) is 3.60. The summed E-state index contributed by atoms with van der Waals surface area (Å²) in [5.41, 5.74) is 8.59. The van der Waals surface area contributed by atoms with Gasteiger partial charge in [0.25, 0.3) is 0 Å². The van der Waals surface area contributed by atoms with Crippen LogP contribution in [0.2, 0.25) is 0 Å². The predicted octanol–water partition coefficient (Wildman–Crippen LogP) is 2.66. The van der Waals surface area contributed by atoms with Crippen molar-refractivity contribution in [1.29, 1.82) is 0 Å². The molecule has 1 aliphatic rings. The maximum Gasteiger partial charge on any atom is 0.0743 e. The molecule has 100 valence electrons. The first kappa shape index (κ1) is 12.2. The molecule has 3 rings (SSSR count). The van der Waals surface area contributed by atoms with E-state index < -0.39 is 0 Å². The molecule has 4 heteroatoms. The summed E-state index contributed by atoms with van der Waals surface area (Å²) in [7, 11) is 0. The number of nitrogens with two attached hydrogens (primary N) is 1. The Morgan fingerprint density at radius 1 is 1.37 bits per heavy atom. The standard InChI is InChI=1S/C15H19N3O/c16-12-3-4-13-14(5-6-17-15(13)8-12)18-9-11-2-1-7-19-10-11/h3-6,8,11H,1-2,7,9-10,16H2,(H,17,18). The first-order valence-corrected chi connectivity index (χ1v) is 6.79. The lowest BCUT2D eigenvalue weighted by atomic mass is 10.0. The van der Waals surface area contributed by atoms with Gasteiger partial charge in [0.05, 0.1) is 12.1 Å². The average molecular weight is 257 g/mol. The molecule has 0 bridgehead atoms. The predicted molar refractivity (Wildman–Crippen MR) is 78.2 cm³/mol. The summed E-state index contributed by atoms with van der Waals surface area (Å²) in [5, 5.41) is 4.63. The van der Waals surface area contributed by atoms with Crippen LogP contribution in [0.1, 0.15) is 12.8 Å². The Hall–Kier alpha value is -1.81. The van der Waals surface area contributed by atoms with Crippen molar-refractivity contribution in [3.05, 3.63) is 30.5 Å². The summed E-state index contributed by atoms with van der Waals surface area (Å²) in [5.74, 6) is 0.603. The van der Waals surface area contributed by atoms with E-state index in [1.54, 1.807) is 0 Å². The van der Waals surface area contributed by atoms with Crippen LogP contribution in [-0.2, 0) is 4.74 Å². The van der Waals surface area contributed by atoms with Gasteiger partial charge < -0.3 is 15.8 Å². The van der Waals surface area contributed by atoms with E-state index in [4.69, 9.17) is 10.5 Å². The summed E-state index contributed by atoms with van der Waals surface area (Å²) >= 11 is 0. The lowest BCUT2D eigenvalue weighted by molar-refractivity contribution is 0.0595. The molecule has 1 aliphatic heterocycles. The van der Waals surface area contributed by atoms with E-state index in [0.29, 0.717) is 5.92 Å². The van der Waals surface area contributed by atoms with E-state index in [9.17, 15) is 0 Å². The van der Waals surface area contributed by atoms with E-state index in [1.807, 2.05) is 30.5 Å². The van der Waals surface area contributed by atoms with E-state index in [0.717, 1.165) is 42.0 Å². The maximum atomic E-state index is 5.79. The van der Waals surface area contributed by atoms with Crippen molar-refractivity contribution in [2.75, 3.05) is 30.8 Å². The van der Waals surface area contributed by atoms with Crippen molar-refractivity contribution in [2.45, 2.75) is 12.8 Å². The number of anilines is 2. The molecule has 0 saturated carbocycles. The molecule has 0 aliphatic carbocycles. The van der Waals surface area contributed by atoms with Crippen LogP contribution in [-0.4, -0.2) is 24.7 Å². The molecule has 1 atom stereocenters. The number of rotatable bonds is 3. The summed E-state index contributed by atoms with van der Waals surface area (Å²) in [4.78, 5) is 4.35. The minimum Gasteiger partial charge on any atom is -0.399 e. The number of nitrogens with zero attached hydrogens (tertiary/aromatic N) is 1. The van der Waals surface area contributed by atoms with Gasteiger partial charge >= 0.3 is 0 Å². The topological polar surface area (TPSA) is 60.2 Å². The molecular weight excluding hydrogens is 238 g/mol. The van der Waals surface area contributed by atoms with Gasteiger partial charge in [-0.25, -0.2) is 0 Å². The van der Waals surface area contributed by atoms with Crippen LogP contribution in [0.4, 0.5) is 11.4 Å². The van der Waals surface area contributed by atoms with E-state index in [2.05, 4.69) is 10.3 Å². The second-order valence-corrected chi connectivity index (χ2v) is 5.10. The van der Waals surface area contributed by atoms with Gasteiger partial charge in [-0.3, -0.25) is 4.98 Å². The number of benzene rings is 1. The summed E-state index contributed by atoms with van der Waals surface area (Å²) < 4.78 is 5.50. The molecule has 0 amide bonds. The Labute approximate surface area is 113 Å². The lowest BCUT2D eigenvalue weighted by Gasteiger charge is -2.23.